The third-order valence-corrected chi connectivity index (χ3v) is 1.70. The first-order valence-electron chi connectivity index (χ1n) is 4.80. The Hall–Kier alpha value is -2.32. The molecule has 0 bridgehead atoms. The molecule has 0 aliphatic heterocycles. The van der Waals surface area contributed by atoms with Crippen LogP contribution in [0.2, 0.25) is 0 Å². The molecule has 0 aliphatic carbocycles. The van der Waals surface area contributed by atoms with E-state index < -0.39 is 12.8 Å². The van der Waals surface area contributed by atoms with Crippen LogP contribution < -0.4 is 4.74 Å². The van der Waals surface area contributed by atoms with E-state index in [4.69, 9.17) is 5.53 Å². The topological polar surface area (TPSA) is 58.0 Å². The monoisotopic (exact) mass is 255 g/mol. The Bertz CT molecular complexity index is 493. The van der Waals surface area contributed by atoms with Gasteiger partial charge < -0.3 is 4.74 Å². The average molecular weight is 255 g/mol. The molecule has 1 rings (SSSR count). The van der Waals surface area contributed by atoms with Gasteiger partial charge in [-0.25, -0.2) is 0 Å². The molecule has 0 heterocycles. The molecular formula is C11H8F3N3O. The van der Waals surface area contributed by atoms with E-state index in [0.29, 0.717) is 5.56 Å². The fourth-order valence-corrected chi connectivity index (χ4v) is 1.01. The van der Waals surface area contributed by atoms with Crippen molar-refractivity contribution in [1.82, 2.24) is 0 Å². The molecule has 0 spiro atoms. The van der Waals surface area contributed by atoms with Crippen LogP contribution in [0, 0.1) is 11.8 Å². The third kappa shape index (κ3) is 5.68. The fourth-order valence-electron chi connectivity index (χ4n) is 1.01. The number of rotatable bonds is 3. The van der Waals surface area contributed by atoms with Gasteiger partial charge >= 0.3 is 6.18 Å². The normalized spacial score (nSPS) is 9.94. The molecule has 0 unspecified atom stereocenters. The van der Waals surface area contributed by atoms with Crippen LogP contribution in [0.1, 0.15) is 5.56 Å². The molecule has 4 nitrogen and oxygen atoms in total. The molecule has 0 saturated heterocycles. The highest BCUT2D eigenvalue weighted by molar-refractivity contribution is 5.38. The van der Waals surface area contributed by atoms with Crippen LogP contribution in [0.5, 0.6) is 5.75 Å². The Morgan fingerprint density at radius 1 is 1.28 bits per heavy atom. The lowest BCUT2D eigenvalue weighted by Crippen LogP contribution is -2.19. The highest BCUT2D eigenvalue weighted by Crippen LogP contribution is 2.18. The standard InChI is InChI=1S/C11H8F3N3O/c12-11(13,14)8-18-10-5-3-9(4-6-10)2-1-7-16-17-15/h3-6H,7-8H2. The van der Waals surface area contributed by atoms with Crippen LogP contribution in [-0.4, -0.2) is 19.3 Å². The van der Waals surface area contributed by atoms with Gasteiger partial charge in [-0.1, -0.05) is 17.0 Å². The molecule has 18 heavy (non-hydrogen) atoms. The summed E-state index contributed by atoms with van der Waals surface area (Å²) in [6.45, 7) is -1.28. The van der Waals surface area contributed by atoms with E-state index in [1.54, 1.807) is 0 Å². The fraction of sp³-hybridized carbons (Fsp3) is 0.273. The average Bonchev–Trinajstić information content (AvgIpc) is 2.33. The number of nitrogens with zero attached hydrogens (tertiary/aromatic N) is 3. The summed E-state index contributed by atoms with van der Waals surface area (Å²) < 4.78 is 40.1. The lowest BCUT2D eigenvalue weighted by Gasteiger charge is -2.08. The van der Waals surface area contributed by atoms with Gasteiger partial charge in [0.15, 0.2) is 6.61 Å². The minimum atomic E-state index is -4.35. The molecule has 0 amide bonds. The van der Waals surface area contributed by atoms with Crippen molar-refractivity contribution in [1.29, 1.82) is 0 Å². The minimum absolute atomic E-state index is 0.0445. The third-order valence-electron chi connectivity index (χ3n) is 1.70. The number of azide groups is 1. The van der Waals surface area contributed by atoms with E-state index >= 15 is 0 Å². The minimum Gasteiger partial charge on any atom is -0.484 e. The van der Waals surface area contributed by atoms with Crippen molar-refractivity contribution in [2.24, 2.45) is 5.11 Å². The van der Waals surface area contributed by atoms with Crippen molar-refractivity contribution in [3.05, 3.63) is 40.3 Å². The lowest BCUT2D eigenvalue weighted by atomic mass is 10.2. The molecule has 7 heteroatoms. The molecular weight excluding hydrogens is 247 g/mol. The van der Waals surface area contributed by atoms with Gasteiger partial charge in [0.05, 0.1) is 6.54 Å². The van der Waals surface area contributed by atoms with Gasteiger partial charge in [-0.3, -0.25) is 0 Å². The molecule has 0 saturated carbocycles. The second-order valence-corrected chi connectivity index (χ2v) is 3.12. The van der Waals surface area contributed by atoms with Crippen LogP contribution in [0.3, 0.4) is 0 Å². The Balaban J connectivity index is 2.56. The van der Waals surface area contributed by atoms with E-state index in [1.807, 2.05) is 0 Å². The largest absolute Gasteiger partial charge is 0.484 e. The molecule has 1 aromatic rings. The van der Waals surface area contributed by atoms with E-state index in [1.165, 1.54) is 24.3 Å². The van der Waals surface area contributed by atoms with Gasteiger partial charge in [0.25, 0.3) is 0 Å². The summed E-state index contributed by atoms with van der Waals surface area (Å²) in [5, 5.41) is 3.22. The van der Waals surface area contributed by atoms with Gasteiger partial charge in [0, 0.05) is 10.5 Å². The van der Waals surface area contributed by atoms with Gasteiger partial charge in [-0.15, -0.1) is 0 Å². The molecule has 0 atom stereocenters. The van der Waals surface area contributed by atoms with Crippen LogP contribution in [-0.2, 0) is 0 Å². The molecule has 94 valence electrons. The number of halogens is 3. The summed E-state index contributed by atoms with van der Waals surface area (Å²) in [7, 11) is 0. The number of ether oxygens (including phenoxy) is 1. The van der Waals surface area contributed by atoms with Crippen molar-refractivity contribution < 1.29 is 17.9 Å². The van der Waals surface area contributed by atoms with Crippen molar-refractivity contribution in [3.8, 4) is 17.6 Å². The van der Waals surface area contributed by atoms with Crippen molar-refractivity contribution >= 4 is 0 Å². The van der Waals surface area contributed by atoms with Crippen LogP contribution in [0.25, 0.3) is 10.4 Å². The zero-order valence-electron chi connectivity index (χ0n) is 9.11. The molecule has 0 fully saturated rings. The maximum Gasteiger partial charge on any atom is 0.422 e. The van der Waals surface area contributed by atoms with Crippen LogP contribution >= 0.6 is 0 Å². The second kappa shape index (κ2) is 6.42. The summed E-state index contributed by atoms with van der Waals surface area (Å²) in [4.78, 5) is 2.52. The van der Waals surface area contributed by atoms with Gasteiger partial charge in [-0.05, 0) is 29.8 Å². The first kappa shape index (κ1) is 13.7. The van der Waals surface area contributed by atoms with Crippen molar-refractivity contribution in [2.45, 2.75) is 6.18 Å². The highest BCUT2D eigenvalue weighted by Gasteiger charge is 2.28. The predicted molar refractivity (Wildman–Crippen MR) is 58.9 cm³/mol. The summed E-state index contributed by atoms with van der Waals surface area (Å²) in [5.41, 5.74) is 8.61. The smallest absolute Gasteiger partial charge is 0.422 e. The summed E-state index contributed by atoms with van der Waals surface area (Å²) in [6.07, 6.45) is -4.35. The number of benzene rings is 1. The van der Waals surface area contributed by atoms with Gasteiger partial charge in [0.2, 0.25) is 0 Å². The first-order chi connectivity index (χ1) is 8.51. The molecule has 0 N–H and O–H groups in total. The highest BCUT2D eigenvalue weighted by atomic mass is 19.4. The number of alkyl halides is 3. The quantitative estimate of drug-likeness (QED) is 0.354. The number of hydrogen-bond acceptors (Lipinski definition) is 2. The Morgan fingerprint density at radius 3 is 2.50 bits per heavy atom. The van der Waals surface area contributed by atoms with Crippen LogP contribution in [0.4, 0.5) is 13.2 Å². The molecule has 0 aliphatic rings. The molecule has 1 aromatic carbocycles. The maximum atomic E-state index is 11.9. The van der Waals surface area contributed by atoms with E-state index in [-0.39, 0.29) is 12.3 Å². The van der Waals surface area contributed by atoms with Gasteiger partial charge in [0.1, 0.15) is 5.75 Å². The first-order valence-corrected chi connectivity index (χ1v) is 4.80. The van der Waals surface area contributed by atoms with Gasteiger partial charge in [-0.2, -0.15) is 13.2 Å². The van der Waals surface area contributed by atoms with Crippen LogP contribution in [0.15, 0.2) is 29.4 Å². The van der Waals surface area contributed by atoms with E-state index in [2.05, 4.69) is 26.6 Å². The zero-order chi connectivity index (χ0) is 13.4. The summed E-state index contributed by atoms with van der Waals surface area (Å²) in [5.74, 6) is 5.39. The molecule has 0 aromatic heterocycles. The number of hydrogen-bond donors (Lipinski definition) is 0. The Kier molecular flexibility index (Phi) is 4.90. The Morgan fingerprint density at radius 2 is 1.94 bits per heavy atom. The molecule has 0 radical (unpaired) electrons. The second-order valence-electron chi connectivity index (χ2n) is 3.12. The summed E-state index contributed by atoms with van der Waals surface area (Å²) in [6, 6.07) is 5.83. The lowest BCUT2D eigenvalue weighted by molar-refractivity contribution is -0.153. The summed E-state index contributed by atoms with van der Waals surface area (Å²) >= 11 is 0. The van der Waals surface area contributed by atoms with Crippen molar-refractivity contribution in [2.75, 3.05) is 13.2 Å². The Labute approximate surface area is 101 Å². The van der Waals surface area contributed by atoms with E-state index in [9.17, 15) is 13.2 Å². The maximum absolute atomic E-state index is 11.9. The van der Waals surface area contributed by atoms with E-state index in [0.717, 1.165) is 0 Å². The van der Waals surface area contributed by atoms with Crippen molar-refractivity contribution in [3.63, 3.8) is 0 Å². The zero-order valence-corrected chi connectivity index (χ0v) is 9.11. The SMILES string of the molecule is [N-]=[N+]=NCC#Cc1ccc(OCC(F)(F)F)cc1. The predicted octanol–water partition coefficient (Wildman–Crippen LogP) is 3.29.